The molecule has 0 spiro atoms. The Balaban J connectivity index is 1.79. The van der Waals surface area contributed by atoms with Crippen LogP contribution in [0.3, 0.4) is 0 Å². The van der Waals surface area contributed by atoms with E-state index in [1.807, 2.05) is 36.6 Å². The molecular formula is C22H23N5O2S. The van der Waals surface area contributed by atoms with Gasteiger partial charge in [0.1, 0.15) is 0 Å². The van der Waals surface area contributed by atoms with Crippen molar-refractivity contribution in [3.63, 3.8) is 0 Å². The molecule has 3 aromatic rings. The molecule has 0 aliphatic heterocycles. The fourth-order valence-corrected chi connectivity index (χ4v) is 3.75. The highest BCUT2D eigenvalue weighted by Gasteiger charge is 2.21. The highest BCUT2D eigenvalue weighted by atomic mass is 32.2. The van der Waals surface area contributed by atoms with Crippen molar-refractivity contribution < 1.29 is 9.53 Å². The molecule has 0 aliphatic rings. The van der Waals surface area contributed by atoms with Crippen LogP contribution in [0.5, 0.6) is 0 Å². The summed E-state index contributed by atoms with van der Waals surface area (Å²) in [6, 6.07) is 17.0. The van der Waals surface area contributed by atoms with Gasteiger partial charge in [0.25, 0.3) is 0 Å². The van der Waals surface area contributed by atoms with Crippen molar-refractivity contribution in [2.75, 3.05) is 19.0 Å². The van der Waals surface area contributed by atoms with Gasteiger partial charge in [-0.1, -0.05) is 41.6 Å². The third kappa shape index (κ3) is 5.26. The van der Waals surface area contributed by atoms with Crippen LogP contribution in [0.2, 0.25) is 0 Å². The lowest BCUT2D eigenvalue weighted by molar-refractivity contribution is -0.115. The van der Waals surface area contributed by atoms with Crippen LogP contribution in [0.1, 0.15) is 18.1 Å². The molecule has 1 atom stereocenters. The Morgan fingerprint density at radius 2 is 2.07 bits per heavy atom. The fraction of sp³-hybridized carbons (Fsp3) is 0.273. The van der Waals surface area contributed by atoms with Crippen molar-refractivity contribution in [3.8, 4) is 17.5 Å². The van der Waals surface area contributed by atoms with Gasteiger partial charge in [0, 0.05) is 18.4 Å². The first-order valence-electron chi connectivity index (χ1n) is 9.48. The zero-order chi connectivity index (χ0) is 21.5. The van der Waals surface area contributed by atoms with Crippen LogP contribution in [0.4, 0.5) is 5.69 Å². The maximum atomic E-state index is 12.7. The van der Waals surface area contributed by atoms with E-state index in [-0.39, 0.29) is 5.91 Å². The topological polar surface area (TPSA) is 92.8 Å². The molecule has 0 unspecified atom stereocenters. The third-order valence-electron chi connectivity index (χ3n) is 4.42. The van der Waals surface area contributed by atoms with Crippen molar-refractivity contribution in [3.05, 3.63) is 59.7 Å². The number of anilines is 1. The molecule has 0 fully saturated rings. The number of aromatic nitrogens is 3. The molecule has 7 nitrogen and oxygen atoms in total. The number of rotatable bonds is 8. The highest BCUT2D eigenvalue weighted by Crippen LogP contribution is 2.28. The predicted octanol–water partition coefficient (Wildman–Crippen LogP) is 3.89. The largest absolute Gasteiger partial charge is 0.383 e. The Hall–Kier alpha value is -3.15. The summed E-state index contributed by atoms with van der Waals surface area (Å²) in [4.78, 5) is 12.7. The zero-order valence-corrected chi connectivity index (χ0v) is 17.9. The number of benzene rings is 2. The Morgan fingerprint density at radius 1 is 1.27 bits per heavy atom. The summed E-state index contributed by atoms with van der Waals surface area (Å²) in [7, 11) is 1.65. The quantitative estimate of drug-likeness (QED) is 0.555. The Morgan fingerprint density at radius 3 is 2.80 bits per heavy atom. The van der Waals surface area contributed by atoms with Gasteiger partial charge in [-0.05, 0) is 38.1 Å². The molecule has 0 saturated heterocycles. The van der Waals surface area contributed by atoms with Crippen LogP contribution in [0, 0.1) is 18.3 Å². The average molecular weight is 422 g/mol. The number of nitrogens with zero attached hydrogens (tertiary/aromatic N) is 4. The van der Waals surface area contributed by atoms with Gasteiger partial charge in [-0.3, -0.25) is 9.36 Å². The second-order valence-corrected chi connectivity index (χ2v) is 8.07. The van der Waals surface area contributed by atoms with E-state index in [4.69, 9.17) is 10.00 Å². The fourth-order valence-electron chi connectivity index (χ4n) is 2.88. The van der Waals surface area contributed by atoms with Crippen LogP contribution < -0.4 is 5.32 Å². The van der Waals surface area contributed by atoms with E-state index in [1.165, 1.54) is 11.8 Å². The van der Waals surface area contributed by atoms with Gasteiger partial charge in [0.2, 0.25) is 5.91 Å². The minimum Gasteiger partial charge on any atom is -0.383 e. The molecule has 1 aromatic heterocycles. The lowest BCUT2D eigenvalue weighted by Gasteiger charge is -2.14. The van der Waals surface area contributed by atoms with E-state index in [9.17, 15) is 4.79 Å². The van der Waals surface area contributed by atoms with Gasteiger partial charge in [-0.2, -0.15) is 5.26 Å². The predicted molar refractivity (Wildman–Crippen MR) is 117 cm³/mol. The van der Waals surface area contributed by atoms with E-state index in [0.29, 0.717) is 29.6 Å². The maximum Gasteiger partial charge on any atom is 0.237 e. The number of thioether (sulfide) groups is 1. The summed E-state index contributed by atoms with van der Waals surface area (Å²) in [5.74, 6) is 0.570. The molecule has 0 radical (unpaired) electrons. The first kappa shape index (κ1) is 21.6. The lowest BCUT2D eigenvalue weighted by atomic mass is 10.1. The second kappa shape index (κ2) is 10.1. The van der Waals surface area contributed by atoms with Gasteiger partial charge in [-0.15, -0.1) is 10.2 Å². The van der Waals surface area contributed by atoms with Crippen molar-refractivity contribution >= 4 is 23.4 Å². The number of ether oxygens (including phenoxy) is 1. The van der Waals surface area contributed by atoms with Crippen molar-refractivity contribution in [1.29, 1.82) is 5.26 Å². The molecule has 1 heterocycles. The van der Waals surface area contributed by atoms with Gasteiger partial charge in [0.05, 0.1) is 30.0 Å². The number of nitrogens with one attached hydrogen (secondary N) is 1. The van der Waals surface area contributed by atoms with Crippen LogP contribution in [-0.4, -0.2) is 39.6 Å². The molecule has 30 heavy (non-hydrogen) atoms. The molecule has 0 bridgehead atoms. The summed E-state index contributed by atoms with van der Waals surface area (Å²) >= 11 is 1.33. The molecule has 0 aliphatic carbocycles. The number of aryl methyl sites for hydroxylation is 1. The first-order valence-corrected chi connectivity index (χ1v) is 10.4. The minimum atomic E-state index is -0.411. The Labute approximate surface area is 180 Å². The summed E-state index contributed by atoms with van der Waals surface area (Å²) in [6.07, 6.45) is 0. The zero-order valence-electron chi connectivity index (χ0n) is 17.1. The number of hydrogen-bond donors (Lipinski definition) is 1. The monoisotopic (exact) mass is 421 g/mol. The number of carbonyl (C=O) groups excluding carboxylic acids is 1. The van der Waals surface area contributed by atoms with Crippen LogP contribution >= 0.6 is 11.8 Å². The number of nitriles is 1. The van der Waals surface area contributed by atoms with Crippen LogP contribution in [-0.2, 0) is 16.1 Å². The Kier molecular flexibility index (Phi) is 7.22. The SMILES string of the molecule is COCCn1c(S[C@H](C)C(=O)Nc2cccc(C#N)c2)nnc1-c1cccc(C)c1. The average Bonchev–Trinajstić information content (AvgIpc) is 3.14. The molecule has 8 heteroatoms. The van der Waals surface area contributed by atoms with Gasteiger partial charge >= 0.3 is 0 Å². The standard InChI is InChI=1S/C22H23N5O2S/c1-15-6-4-8-18(12-15)20-25-26-22(27(20)10-11-29-3)30-16(2)21(28)24-19-9-5-7-17(13-19)14-23/h4-9,12-13,16H,10-11H2,1-3H3,(H,24,28)/t16-/m1/s1. The van der Waals surface area contributed by atoms with E-state index < -0.39 is 5.25 Å². The van der Waals surface area contributed by atoms with Crippen molar-refractivity contribution in [2.24, 2.45) is 0 Å². The summed E-state index contributed by atoms with van der Waals surface area (Å²) < 4.78 is 7.22. The molecule has 154 valence electrons. The molecule has 0 saturated carbocycles. The maximum absolute atomic E-state index is 12.7. The molecule has 2 aromatic carbocycles. The third-order valence-corrected chi connectivity index (χ3v) is 5.50. The number of methoxy groups -OCH3 is 1. The van der Waals surface area contributed by atoms with E-state index in [2.05, 4.69) is 27.6 Å². The van der Waals surface area contributed by atoms with Crippen LogP contribution in [0.15, 0.2) is 53.7 Å². The van der Waals surface area contributed by atoms with E-state index in [1.54, 1.807) is 31.4 Å². The smallest absolute Gasteiger partial charge is 0.237 e. The summed E-state index contributed by atoms with van der Waals surface area (Å²) in [5.41, 5.74) is 3.19. The summed E-state index contributed by atoms with van der Waals surface area (Å²) in [6.45, 7) is 4.93. The number of carbonyl (C=O) groups is 1. The number of hydrogen-bond acceptors (Lipinski definition) is 6. The highest BCUT2D eigenvalue weighted by molar-refractivity contribution is 8.00. The van der Waals surface area contributed by atoms with E-state index in [0.717, 1.165) is 17.0 Å². The summed E-state index contributed by atoms with van der Waals surface area (Å²) in [5, 5.41) is 20.8. The Bertz CT molecular complexity index is 1070. The molecule has 1 N–H and O–H groups in total. The minimum absolute atomic E-state index is 0.173. The number of amides is 1. The van der Waals surface area contributed by atoms with E-state index >= 15 is 0 Å². The lowest BCUT2D eigenvalue weighted by Crippen LogP contribution is -2.23. The molecule has 1 amide bonds. The first-order chi connectivity index (χ1) is 14.5. The normalized spacial score (nSPS) is 11.7. The van der Waals surface area contributed by atoms with Gasteiger partial charge in [0.15, 0.2) is 11.0 Å². The van der Waals surface area contributed by atoms with Crippen molar-refractivity contribution in [1.82, 2.24) is 14.8 Å². The van der Waals surface area contributed by atoms with Gasteiger partial charge < -0.3 is 10.1 Å². The second-order valence-electron chi connectivity index (χ2n) is 6.76. The van der Waals surface area contributed by atoms with Crippen LogP contribution in [0.25, 0.3) is 11.4 Å². The van der Waals surface area contributed by atoms with Gasteiger partial charge in [-0.25, -0.2) is 0 Å². The molecular weight excluding hydrogens is 398 g/mol. The molecule has 3 rings (SSSR count). The van der Waals surface area contributed by atoms with Crippen molar-refractivity contribution in [2.45, 2.75) is 30.8 Å².